The van der Waals surface area contributed by atoms with Gasteiger partial charge in [-0.3, -0.25) is 4.18 Å². The Balaban J connectivity index is 2.32. The third-order valence-corrected chi connectivity index (χ3v) is 3.78. The van der Waals surface area contributed by atoms with Crippen molar-refractivity contribution in [1.29, 1.82) is 0 Å². The summed E-state index contributed by atoms with van der Waals surface area (Å²) >= 11 is 0. The van der Waals surface area contributed by atoms with E-state index >= 15 is 0 Å². The van der Waals surface area contributed by atoms with E-state index in [9.17, 15) is 8.42 Å². The molecule has 0 bridgehead atoms. The fraction of sp³-hybridized carbons (Fsp3) is 1.00. The molecule has 5 nitrogen and oxygen atoms in total. The maximum Gasteiger partial charge on any atom is 0.267 e. The highest BCUT2D eigenvalue weighted by Crippen LogP contribution is 2.18. The van der Waals surface area contributed by atoms with Crippen LogP contribution in [0, 0.1) is 11.8 Å². The second-order valence-corrected chi connectivity index (χ2v) is 6.26. The van der Waals surface area contributed by atoms with E-state index in [2.05, 4.69) is 18.0 Å². The summed E-state index contributed by atoms with van der Waals surface area (Å²) in [5.74, 6) is 0.329. The van der Waals surface area contributed by atoms with E-state index in [4.69, 9.17) is 9.47 Å². The van der Waals surface area contributed by atoms with E-state index in [1.807, 2.05) is 0 Å². The van der Waals surface area contributed by atoms with E-state index < -0.39 is 10.1 Å². The molecule has 1 aliphatic heterocycles. The van der Waals surface area contributed by atoms with Gasteiger partial charge in [0.1, 0.15) is 0 Å². The standard InChI is InChI=1S/C10H20O5S/c1-8(2)4-10-14-5-9(6-15-10)7-16(11,12)13-3/h8-10H,4-7H2,1-3H3. The van der Waals surface area contributed by atoms with Crippen LogP contribution in [0.4, 0.5) is 0 Å². The van der Waals surface area contributed by atoms with Gasteiger partial charge in [-0.2, -0.15) is 8.42 Å². The fourth-order valence-corrected chi connectivity index (χ4v) is 2.46. The van der Waals surface area contributed by atoms with Gasteiger partial charge in [-0.1, -0.05) is 13.8 Å². The minimum absolute atomic E-state index is 0.0438. The molecule has 0 aromatic rings. The van der Waals surface area contributed by atoms with Gasteiger partial charge in [0.25, 0.3) is 10.1 Å². The average Bonchev–Trinajstić information content (AvgIpc) is 2.20. The quantitative estimate of drug-likeness (QED) is 0.683. The molecule has 1 heterocycles. The monoisotopic (exact) mass is 252 g/mol. The SMILES string of the molecule is COS(=O)(=O)CC1COC(CC(C)C)OC1. The Hall–Kier alpha value is -0.170. The van der Waals surface area contributed by atoms with Gasteiger partial charge in [0.15, 0.2) is 6.29 Å². The highest BCUT2D eigenvalue weighted by molar-refractivity contribution is 7.86. The predicted octanol–water partition coefficient (Wildman–Crippen LogP) is 0.998. The summed E-state index contributed by atoms with van der Waals surface area (Å²) in [5.41, 5.74) is 0. The van der Waals surface area contributed by atoms with Crippen molar-refractivity contribution >= 4 is 10.1 Å². The lowest BCUT2D eigenvalue weighted by atomic mass is 10.1. The Morgan fingerprint density at radius 1 is 1.31 bits per heavy atom. The molecule has 1 fully saturated rings. The van der Waals surface area contributed by atoms with Crippen molar-refractivity contribution in [3.05, 3.63) is 0 Å². The van der Waals surface area contributed by atoms with Crippen LogP contribution in [-0.4, -0.2) is 40.8 Å². The van der Waals surface area contributed by atoms with E-state index in [0.29, 0.717) is 19.1 Å². The number of ether oxygens (including phenoxy) is 2. The Kier molecular flexibility index (Phi) is 5.17. The fourth-order valence-electron chi connectivity index (χ4n) is 1.56. The molecule has 1 saturated heterocycles. The lowest BCUT2D eigenvalue weighted by Gasteiger charge is -2.29. The molecule has 96 valence electrons. The van der Waals surface area contributed by atoms with Crippen LogP contribution in [0.25, 0.3) is 0 Å². The van der Waals surface area contributed by atoms with E-state index in [-0.39, 0.29) is 18.0 Å². The van der Waals surface area contributed by atoms with Crippen molar-refractivity contribution < 1.29 is 22.1 Å². The van der Waals surface area contributed by atoms with Gasteiger partial charge in [0.2, 0.25) is 0 Å². The second-order valence-electron chi connectivity index (χ2n) is 4.48. The molecule has 0 unspecified atom stereocenters. The molecule has 0 amide bonds. The number of rotatable bonds is 5. The molecule has 0 spiro atoms. The van der Waals surface area contributed by atoms with Gasteiger partial charge in [0, 0.05) is 12.3 Å². The van der Waals surface area contributed by atoms with Crippen LogP contribution in [0.15, 0.2) is 0 Å². The van der Waals surface area contributed by atoms with Gasteiger partial charge in [-0.25, -0.2) is 0 Å². The van der Waals surface area contributed by atoms with Gasteiger partial charge < -0.3 is 9.47 Å². The lowest BCUT2D eigenvalue weighted by Crippen LogP contribution is -2.36. The summed E-state index contributed by atoms with van der Waals surface area (Å²) in [5, 5.41) is 0. The number of hydrogen-bond acceptors (Lipinski definition) is 5. The average molecular weight is 252 g/mol. The molecule has 1 rings (SSSR count). The highest BCUT2D eigenvalue weighted by Gasteiger charge is 2.26. The van der Waals surface area contributed by atoms with Gasteiger partial charge in [-0.05, 0) is 5.92 Å². The molecule has 1 aliphatic rings. The largest absolute Gasteiger partial charge is 0.352 e. The van der Waals surface area contributed by atoms with E-state index in [1.54, 1.807) is 0 Å². The summed E-state index contributed by atoms with van der Waals surface area (Å²) in [4.78, 5) is 0. The molecular formula is C10H20O5S. The van der Waals surface area contributed by atoms with Crippen molar-refractivity contribution in [2.45, 2.75) is 26.6 Å². The van der Waals surface area contributed by atoms with Crippen molar-refractivity contribution in [2.24, 2.45) is 11.8 Å². The molecule has 0 aromatic heterocycles. The van der Waals surface area contributed by atoms with Crippen molar-refractivity contribution in [3.8, 4) is 0 Å². The number of hydrogen-bond donors (Lipinski definition) is 0. The molecule has 0 atom stereocenters. The Bertz CT molecular complexity index is 290. The molecule has 16 heavy (non-hydrogen) atoms. The Morgan fingerprint density at radius 3 is 2.31 bits per heavy atom. The van der Waals surface area contributed by atoms with Crippen LogP contribution in [-0.2, 0) is 23.8 Å². The first kappa shape index (κ1) is 13.9. The van der Waals surface area contributed by atoms with Crippen LogP contribution in [0.1, 0.15) is 20.3 Å². The molecule has 0 aliphatic carbocycles. The topological polar surface area (TPSA) is 61.8 Å². The maximum absolute atomic E-state index is 11.2. The highest BCUT2D eigenvalue weighted by atomic mass is 32.2. The van der Waals surface area contributed by atoms with Gasteiger partial charge >= 0.3 is 0 Å². The summed E-state index contributed by atoms with van der Waals surface area (Å²) in [6, 6.07) is 0. The van der Waals surface area contributed by atoms with Crippen LogP contribution in [0.3, 0.4) is 0 Å². The minimum Gasteiger partial charge on any atom is -0.352 e. The molecule has 0 radical (unpaired) electrons. The first-order valence-corrected chi connectivity index (χ1v) is 7.02. The van der Waals surface area contributed by atoms with Crippen molar-refractivity contribution in [1.82, 2.24) is 0 Å². The first-order chi connectivity index (χ1) is 7.43. The predicted molar refractivity (Wildman–Crippen MR) is 59.4 cm³/mol. The molecule has 0 saturated carbocycles. The summed E-state index contributed by atoms with van der Waals surface area (Å²) in [6.07, 6.45) is 0.644. The van der Waals surface area contributed by atoms with Crippen molar-refractivity contribution in [3.63, 3.8) is 0 Å². The smallest absolute Gasteiger partial charge is 0.267 e. The normalized spacial score (nSPS) is 27.2. The van der Waals surface area contributed by atoms with Crippen LogP contribution >= 0.6 is 0 Å². The second kappa shape index (κ2) is 5.95. The first-order valence-electron chi connectivity index (χ1n) is 5.44. The third kappa shape index (κ3) is 4.78. The van der Waals surface area contributed by atoms with Gasteiger partial charge in [0.05, 0.1) is 26.1 Å². The zero-order valence-corrected chi connectivity index (χ0v) is 10.8. The van der Waals surface area contributed by atoms with Crippen molar-refractivity contribution in [2.75, 3.05) is 26.1 Å². The zero-order valence-electron chi connectivity index (χ0n) is 10.0. The summed E-state index contributed by atoms with van der Waals surface area (Å²) < 4.78 is 37.7. The summed E-state index contributed by atoms with van der Waals surface area (Å²) in [7, 11) is -2.25. The third-order valence-electron chi connectivity index (χ3n) is 2.39. The van der Waals surface area contributed by atoms with E-state index in [1.165, 1.54) is 7.11 Å². The molecule has 0 N–H and O–H groups in total. The Morgan fingerprint density at radius 2 is 1.88 bits per heavy atom. The van der Waals surface area contributed by atoms with Crippen LogP contribution < -0.4 is 0 Å². The molecular weight excluding hydrogens is 232 g/mol. The maximum atomic E-state index is 11.2. The van der Waals surface area contributed by atoms with Crippen LogP contribution in [0.2, 0.25) is 0 Å². The Labute approximate surface area is 97.2 Å². The minimum atomic E-state index is -3.42. The zero-order chi connectivity index (χ0) is 12.2. The van der Waals surface area contributed by atoms with Gasteiger partial charge in [-0.15, -0.1) is 0 Å². The lowest BCUT2D eigenvalue weighted by molar-refractivity contribution is -0.203. The summed E-state index contributed by atoms with van der Waals surface area (Å²) in [6.45, 7) is 5.02. The molecule has 0 aromatic carbocycles. The molecule has 6 heteroatoms. The van der Waals surface area contributed by atoms with E-state index in [0.717, 1.165) is 6.42 Å². The van der Waals surface area contributed by atoms with Crippen LogP contribution in [0.5, 0.6) is 0 Å².